The Labute approximate surface area is 94.3 Å². The van der Waals surface area contributed by atoms with Gasteiger partial charge >= 0.3 is 5.97 Å². The average molecular weight is 306 g/mol. The van der Waals surface area contributed by atoms with Crippen LogP contribution in [0.2, 0.25) is 0 Å². The number of alkyl halides is 1. The minimum atomic E-state index is -0.855. The van der Waals surface area contributed by atoms with Crippen LogP contribution < -0.4 is 0 Å². The highest BCUT2D eigenvalue weighted by atomic mass is 127. The monoisotopic (exact) mass is 306 g/mol. The number of rotatable bonds is 2. The van der Waals surface area contributed by atoms with Crippen molar-refractivity contribution in [2.24, 2.45) is 0 Å². The van der Waals surface area contributed by atoms with Gasteiger partial charge in [-0.15, -0.1) is 0 Å². The number of carboxylic acids is 1. The second-order valence-electron chi connectivity index (χ2n) is 3.45. The molecule has 0 radical (unpaired) electrons. The molecule has 2 nitrogen and oxygen atoms in total. The molecule has 0 bridgehead atoms. The van der Waals surface area contributed by atoms with Gasteiger partial charge in [-0.05, 0) is 18.1 Å². The summed E-state index contributed by atoms with van der Waals surface area (Å²) in [5.41, 5.74) is 0.518. The number of halogens is 2. The highest BCUT2D eigenvalue weighted by Gasteiger charge is 2.60. The number of hydrogen-bond donors (Lipinski definition) is 1. The van der Waals surface area contributed by atoms with E-state index in [4.69, 9.17) is 5.11 Å². The molecule has 1 aliphatic carbocycles. The first-order chi connectivity index (χ1) is 6.55. The van der Waals surface area contributed by atoms with Crippen LogP contribution in [0.1, 0.15) is 17.9 Å². The summed E-state index contributed by atoms with van der Waals surface area (Å²) >= 11 is 1.89. The molecule has 1 N–H and O–H groups in total. The molecule has 14 heavy (non-hydrogen) atoms. The summed E-state index contributed by atoms with van der Waals surface area (Å²) in [5.74, 6) is -1.34. The fourth-order valence-corrected chi connectivity index (χ4v) is 2.36. The van der Waals surface area contributed by atoms with E-state index in [0.717, 1.165) is 0 Å². The Morgan fingerprint density at radius 2 is 2.21 bits per heavy atom. The minimum absolute atomic E-state index is 0.179. The summed E-state index contributed by atoms with van der Waals surface area (Å²) in [7, 11) is 0. The minimum Gasteiger partial charge on any atom is -0.480 e. The van der Waals surface area contributed by atoms with Gasteiger partial charge in [-0.2, -0.15) is 0 Å². The average Bonchev–Trinajstić information content (AvgIpc) is 2.80. The van der Waals surface area contributed by atoms with Crippen LogP contribution >= 0.6 is 22.6 Å². The molecule has 1 aromatic rings. The second-order valence-corrected chi connectivity index (χ2v) is 5.37. The molecule has 4 heteroatoms. The van der Waals surface area contributed by atoms with Crippen molar-refractivity contribution in [1.82, 2.24) is 0 Å². The molecule has 2 rings (SSSR count). The van der Waals surface area contributed by atoms with E-state index in [9.17, 15) is 9.18 Å². The van der Waals surface area contributed by atoms with E-state index in [1.54, 1.807) is 18.2 Å². The third-order valence-corrected chi connectivity index (χ3v) is 4.18. The Bertz CT molecular complexity index is 393. The molecule has 0 aliphatic heterocycles. The van der Waals surface area contributed by atoms with Crippen LogP contribution in [0.4, 0.5) is 4.39 Å². The van der Waals surface area contributed by atoms with Crippen molar-refractivity contribution in [2.45, 2.75) is 15.8 Å². The van der Waals surface area contributed by atoms with Crippen LogP contribution in [0.15, 0.2) is 24.3 Å². The maximum absolute atomic E-state index is 13.3. The number of benzene rings is 1. The van der Waals surface area contributed by atoms with Crippen molar-refractivity contribution in [1.29, 1.82) is 0 Å². The number of aliphatic carboxylic acids is 1. The zero-order chi connectivity index (χ0) is 10.3. The van der Waals surface area contributed by atoms with Crippen LogP contribution in [-0.4, -0.2) is 14.5 Å². The van der Waals surface area contributed by atoms with Crippen molar-refractivity contribution in [3.63, 3.8) is 0 Å². The second kappa shape index (κ2) is 3.18. The van der Waals surface area contributed by atoms with Crippen molar-refractivity contribution in [3.05, 3.63) is 35.6 Å². The summed E-state index contributed by atoms with van der Waals surface area (Å²) in [5, 5.41) is 8.91. The largest absolute Gasteiger partial charge is 0.480 e. The number of hydrogen-bond acceptors (Lipinski definition) is 1. The molecule has 0 saturated heterocycles. The van der Waals surface area contributed by atoms with Crippen LogP contribution in [0.3, 0.4) is 0 Å². The summed E-state index contributed by atoms with van der Waals surface area (Å²) in [4.78, 5) is 10.8. The van der Waals surface area contributed by atoms with Crippen molar-refractivity contribution < 1.29 is 14.3 Å². The smallest absolute Gasteiger partial charge is 0.320 e. The molecule has 0 aromatic heterocycles. The molecular formula is C10H8FIO2. The van der Waals surface area contributed by atoms with E-state index < -0.39 is 9.39 Å². The van der Waals surface area contributed by atoms with Crippen molar-refractivity contribution in [2.75, 3.05) is 0 Å². The van der Waals surface area contributed by atoms with E-state index in [1.165, 1.54) is 6.07 Å². The number of carbonyl (C=O) groups is 1. The fraction of sp³-hybridized carbons (Fsp3) is 0.300. The van der Waals surface area contributed by atoms with Gasteiger partial charge in [0.1, 0.15) is 9.24 Å². The zero-order valence-corrected chi connectivity index (χ0v) is 9.36. The van der Waals surface area contributed by atoms with Gasteiger partial charge in [-0.3, -0.25) is 4.79 Å². The van der Waals surface area contributed by atoms with Gasteiger partial charge in [-0.25, -0.2) is 4.39 Å². The summed E-state index contributed by atoms with van der Waals surface area (Å²) in [6.07, 6.45) is 0.518. The molecule has 1 aromatic carbocycles. The van der Waals surface area contributed by atoms with Crippen LogP contribution in [0, 0.1) is 5.82 Å². The first kappa shape index (κ1) is 9.89. The lowest BCUT2D eigenvalue weighted by molar-refractivity contribution is -0.136. The quantitative estimate of drug-likeness (QED) is 0.673. The maximum atomic E-state index is 13.3. The van der Waals surface area contributed by atoms with Gasteiger partial charge in [0.25, 0.3) is 0 Å². The Morgan fingerprint density at radius 3 is 2.71 bits per heavy atom. The third kappa shape index (κ3) is 1.41. The molecule has 0 spiro atoms. The fourth-order valence-electron chi connectivity index (χ4n) is 1.59. The third-order valence-electron chi connectivity index (χ3n) is 2.53. The highest BCUT2D eigenvalue weighted by Crippen LogP contribution is 2.58. The summed E-state index contributed by atoms with van der Waals surface area (Å²) in [6, 6.07) is 6.36. The highest BCUT2D eigenvalue weighted by molar-refractivity contribution is 14.1. The molecular weight excluding hydrogens is 298 g/mol. The standard InChI is InChI=1S/C10H8FIO2/c11-8-4-2-1-3-6(8)7-5-10(7,12)9(13)14/h1-4,7H,5H2,(H,13,14). The molecule has 1 saturated carbocycles. The van der Waals surface area contributed by atoms with Gasteiger partial charge in [0, 0.05) is 5.92 Å². The van der Waals surface area contributed by atoms with Crippen LogP contribution in [0.5, 0.6) is 0 Å². The Morgan fingerprint density at radius 1 is 1.57 bits per heavy atom. The lowest BCUT2D eigenvalue weighted by Crippen LogP contribution is -2.16. The Hall–Kier alpha value is -0.650. The molecule has 2 atom stereocenters. The normalized spacial score (nSPS) is 30.0. The van der Waals surface area contributed by atoms with E-state index >= 15 is 0 Å². The molecule has 74 valence electrons. The zero-order valence-electron chi connectivity index (χ0n) is 7.21. The maximum Gasteiger partial charge on any atom is 0.320 e. The predicted octanol–water partition coefficient (Wildman–Crippen LogP) is 2.57. The van der Waals surface area contributed by atoms with E-state index in [2.05, 4.69) is 0 Å². The van der Waals surface area contributed by atoms with Crippen LogP contribution in [-0.2, 0) is 4.79 Å². The first-order valence-electron chi connectivity index (χ1n) is 4.22. The van der Waals surface area contributed by atoms with Gasteiger partial charge in [0.05, 0.1) is 0 Å². The lowest BCUT2D eigenvalue weighted by atomic mass is 10.1. The van der Waals surface area contributed by atoms with Crippen molar-refractivity contribution >= 4 is 28.6 Å². The van der Waals surface area contributed by atoms with Gasteiger partial charge in [-0.1, -0.05) is 40.8 Å². The van der Waals surface area contributed by atoms with E-state index in [0.29, 0.717) is 12.0 Å². The van der Waals surface area contributed by atoms with Crippen LogP contribution in [0.25, 0.3) is 0 Å². The molecule has 0 heterocycles. The van der Waals surface area contributed by atoms with Gasteiger partial charge in [0.15, 0.2) is 0 Å². The molecule has 2 unspecified atom stereocenters. The molecule has 0 amide bonds. The molecule has 1 aliphatic rings. The summed E-state index contributed by atoms with van der Waals surface area (Å²) < 4.78 is 12.5. The molecule has 1 fully saturated rings. The Kier molecular flexibility index (Phi) is 2.25. The van der Waals surface area contributed by atoms with E-state index in [-0.39, 0.29) is 11.7 Å². The van der Waals surface area contributed by atoms with Crippen molar-refractivity contribution in [3.8, 4) is 0 Å². The van der Waals surface area contributed by atoms with Gasteiger partial charge < -0.3 is 5.11 Å². The van der Waals surface area contributed by atoms with Gasteiger partial charge in [0.2, 0.25) is 0 Å². The summed E-state index contributed by atoms with van der Waals surface area (Å²) in [6.45, 7) is 0. The Balaban J connectivity index is 2.29. The SMILES string of the molecule is O=C(O)C1(I)CC1c1ccccc1F. The number of carboxylic acid groups (broad SMARTS) is 1. The topological polar surface area (TPSA) is 37.3 Å². The van der Waals surface area contributed by atoms with E-state index in [1.807, 2.05) is 22.6 Å². The first-order valence-corrected chi connectivity index (χ1v) is 5.30. The predicted molar refractivity (Wildman–Crippen MR) is 58.1 cm³/mol. The lowest BCUT2D eigenvalue weighted by Gasteiger charge is -2.04.